The van der Waals surface area contributed by atoms with Gasteiger partial charge in [-0.3, -0.25) is 4.90 Å². The van der Waals surface area contributed by atoms with Crippen LogP contribution in [0.25, 0.3) is 0 Å². The van der Waals surface area contributed by atoms with Crippen LogP contribution in [0.3, 0.4) is 0 Å². The van der Waals surface area contributed by atoms with Crippen LogP contribution in [0.4, 0.5) is 5.69 Å². The average molecular weight is 308 g/mol. The van der Waals surface area contributed by atoms with E-state index < -0.39 is 0 Å². The number of unbranched alkanes of at least 4 members (excludes halogenated alkanes) is 3. The number of nitrogens with zero attached hydrogens (tertiary/aromatic N) is 3. The van der Waals surface area contributed by atoms with E-state index in [-0.39, 0.29) is 12.1 Å². The van der Waals surface area contributed by atoms with Crippen molar-refractivity contribution in [1.29, 1.82) is 0 Å². The van der Waals surface area contributed by atoms with Crippen molar-refractivity contribution < 1.29 is 0 Å². The Kier molecular flexibility index (Phi) is 5.44. The van der Waals surface area contributed by atoms with E-state index in [4.69, 9.17) is 23.1 Å². The van der Waals surface area contributed by atoms with Crippen molar-refractivity contribution in [3.8, 4) is 0 Å². The summed E-state index contributed by atoms with van der Waals surface area (Å²) < 4.78 is 0. The predicted molar refractivity (Wildman–Crippen MR) is 89.7 cm³/mol. The first kappa shape index (κ1) is 15.6. The molecule has 0 bridgehead atoms. The minimum atomic E-state index is -0.0967. The normalized spacial score (nSPS) is 18.4. The zero-order chi connectivity index (χ0) is 15.2. The van der Waals surface area contributed by atoms with Crippen LogP contribution in [0.15, 0.2) is 34.3 Å². The molecule has 0 saturated heterocycles. The second-order valence-electron chi connectivity index (χ2n) is 5.13. The second kappa shape index (κ2) is 7.31. The maximum atomic E-state index is 6.04. The van der Waals surface area contributed by atoms with Crippen LogP contribution in [0.2, 0.25) is 5.02 Å². The fraction of sp³-hybridized carbons (Fsp3) is 0.467. The summed E-state index contributed by atoms with van der Waals surface area (Å²) in [4.78, 5) is 10.4. The van der Waals surface area contributed by atoms with Crippen LogP contribution in [0.5, 0.6) is 0 Å². The monoisotopic (exact) mass is 307 g/mol. The molecule has 0 radical (unpaired) electrons. The van der Waals surface area contributed by atoms with Crippen LogP contribution in [0.1, 0.15) is 39.0 Å². The summed E-state index contributed by atoms with van der Waals surface area (Å²) in [6.45, 7) is 2.20. The van der Waals surface area contributed by atoms with Gasteiger partial charge in [0.05, 0.1) is 0 Å². The zero-order valence-electron chi connectivity index (χ0n) is 12.3. The summed E-state index contributed by atoms with van der Waals surface area (Å²) >= 11 is 5.94. The Morgan fingerprint density at radius 1 is 1.14 bits per heavy atom. The Bertz CT molecular complexity index is 523. The maximum absolute atomic E-state index is 6.04. The number of rotatable bonds is 6. The van der Waals surface area contributed by atoms with Crippen molar-refractivity contribution in [3.63, 3.8) is 0 Å². The van der Waals surface area contributed by atoms with Gasteiger partial charge in [0, 0.05) is 10.7 Å². The van der Waals surface area contributed by atoms with Crippen LogP contribution in [0, 0.1) is 0 Å². The number of guanidine groups is 2. The van der Waals surface area contributed by atoms with Gasteiger partial charge in [-0.1, -0.05) is 37.8 Å². The van der Waals surface area contributed by atoms with Gasteiger partial charge in [0.15, 0.2) is 0 Å². The molecule has 21 heavy (non-hydrogen) atoms. The van der Waals surface area contributed by atoms with Crippen molar-refractivity contribution in [2.75, 3.05) is 4.90 Å². The molecule has 1 aromatic rings. The first-order valence-electron chi connectivity index (χ1n) is 7.34. The number of hydrogen-bond donors (Lipinski definition) is 2. The van der Waals surface area contributed by atoms with E-state index in [0.29, 0.717) is 11.0 Å². The SMILES string of the molecule is CCCCCCC1N=C(N)N=C(N)N1c1ccc(Cl)cc1. The molecule has 1 aliphatic heterocycles. The Balaban J connectivity index is 2.14. The number of nitrogens with two attached hydrogens (primary N) is 2. The Labute approximate surface area is 130 Å². The highest BCUT2D eigenvalue weighted by Gasteiger charge is 2.25. The zero-order valence-corrected chi connectivity index (χ0v) is 13.1. The fourth-order valence-corrected chi connectivity index (χ4v) is 2.54. The highest BCUT2D eigenvalue weighted by molar-refractivity contribution is 6.30. The van der Waals surface area contributed by atoms with Gasteiger partial charge in [0.2, 0.25) is 11.9 Å². The summed E-state index contributed by atoms with van der Waals surface area (Å²) in [7, 11) is 0. The largest absolute Gasteiger partial charge is 0.369 e. The van der Waals surface area contributed by atoms with E-state index in [1.54, 1.807) is 0 Å². The number of benzene rings is 1. The smallest absolute Gasteiger partial charge is 0.220 e. The molecule has 0 fully saturated rings. The van der Waals surface area contributed by atoms with Crippen molar-refractivity contribution >= 4 is 29.2 Å². The molecule has 6 heteroatoms. The van der Waals surface area contributed by atoms with E-state index in [1.807, 2.05) is 29.2 Å². The average Bonchev–Trinajstić information content (AvgIpc) is 2.45. The third-order valence-corrected chi connectivity index (χ3v) is 3.73. The minimum absolute atomic E-state index is 0.0967. The lowest BCUT2D eigenvalue weighted by Crippen LogP contribution is -2.48. The summed E-state index contributed by atoms with van der Waals surface area (Å²) in [6, 6.07) is 7.50. The van der Waals surface area contributed by atoms with E-state index in [1.165, 1.54) is 19.3 Å². The Morgan fingerprint density at radius 2 is 1.86 bits per heavy atom. The summed E-state index contributed by atoms with van der Waals surface area (Å²) in [5.41, 5.74) is 12.7. The Morgan fingerprint density at radius 3 is 2.52 bits per heavy atom. The predicted octanol–water partition coefficient (Wildman–Crippen LogP) is 3.09. The second-order valence-corrected chi connectivity index (χ2v) is 5.57. The lowest BCUT2D eigenvalue weighted by Gasteiger charge is -2.32. The maximum Gasteiger partial charge on any atom is 0.220 e. The van der Waals surface area contributed by atoms with E-state index in [9.17, 15) is 0 Å². The third-order valence-electron chi connectivity index (χ3n) is 3.48. The van der Waals surface area contributed by atoms with Crippen LogP contribution >= 0.6 is 11.6 Å². The van der Waals surface area contributed by atoms with Crippen LogP contribution in [-0.2, 0) is 0 Å². The molecule has 114 valence electrons. The molecule has 0 aliphatic carbocycles. The van der Waals surface area contributed by atoms with Gasteiger partial charge in [-0.2, -0.15) is 4.99 Å². The highest BCUT2D eigenvalue weighted by atomic mass is 35.5. The van der Waals surface area contributed by atoms with Gasteiger partial charge in [-0.15, -0.1) is 0 Å². The van der Waals surface area contributed by atoms with Crippen molar-refractivity contribution in [2.24, 2.45) is 21.5 Å². The molecular formula is C15H22ClN5. The highest BCUT2D eigenvalue weighted by Crippen LogP contribution is 2.24. The third kappa shape index (κ3) is 4.11. The van der Waals surface area contributed by atoms with Gasteiger partial charge in [-0.05, 0) is 37.1 Å². The summed E-state index contributed by atoms with van der Waals surface area (Å²) in [5, 5.41) is 0.689. The molecule has 0 spiro atoms. The molecule has 2 rings (SSSR count). The summed E-state index contributed by atoms with van der Waals surface area (Å²) in [5.74, 6) is 0.628. The van der Waals surface area contributed by atoms with Crippen molar-refractivity contribution in [1.82, 2.24) is 0 Å². The molecule has 0 saturated carbocycles. The molecule has 5 nitrogen and oxygen atoms in total. The summed E-state index contributed by atoms with van der Waals surface area (Å²) in [6.07, 6.45) is 5.53. The Hall–Kier alpha value is -1.75. The quantitative estimate of drug-likeness (QED) is 0.793. The molecule has 1 heterocycles. The topological polar surface area (TPSA) is 80.0 Å². The molecular weight excluding hydrogens is 286 g/mol. The standard InChI is InChI=1S/C15H22ClN5/c1-2-3-4-5-6-13-19-14(17)20-15(18)21(13)12-9-7-11(16)8-10-12/h7-10,13H,2-6H2,1H3,(H4,17,18,19,20). The van der Waals surface area contributed by atoms with Crippen molar-refractivity contribution in [3.05, 3.63) is 29.3 Å². The molecule has 1 aromatic carbocycles. The van der Waals surface area contributed by atoms with Gasteiger partial charge < -0.3 is 11.5 Å². The van der Waals surface area contributed by atoms with E-state index in [0.717, 1.165) is 18.5 Å². The lowest BCUT2D eigenvalue weighted by molar-refractivity contribution is 0.554. The van der Waals surface area contributed by atoms with Crippen LogP contribution < -0.4 is 16.4 Å². The van der Waals surface area contributed by atoms with Gasteiger partial charge in [0.25, 0.3) is 0 Å². The molecule has 1 unspecified atom stereocenters. The first-order chi connectivity index (χ1) is 10.1. The van der Waals surface area contributed by atoms with E-state index >= 15 is 0 Å². The van der Waals surface area contributed by atoms with E-state index in [2.05, 4.69) is 16.9 Å². The van der Waals surface area contributed by atoms with Crippen molar-refractivity contribution in [2.45, 2.75) is 45.2 Å². The molecule has 1 aliphatic rings. The molecule has 4 N–H and O–H groups in total. The number of anilines is 1. The van der Waals surface area contributed by atoms with Gasteiger partial charge in [0.1, 0.15) is 6.17 Å². The lowest BCUT2D eigenvalue weighted by atomic mass is 10.1. The number of hydrogen-bond acceptors (Lipinski definition) is 5. The molecule has 0 amide bonds. The molecule has 1 atom stereocenters. The number of aliphatic imine (C=N–C) groups is 2. The fourth-order valence-electron chi connectivity index (χ4n) is 2.42. The molecule has 0 aromatic heterocycles. The first-order valence-corrected chi connectivity index (χ1v) is 7.72. The number of halogens is 1. The van der Waals surface area contributed by atoms with Gasteiger partial charge >= 0.3 is 0 Å². The minimum Gasteiger partial charge on any atom is -0.369 e. The van der Waals surface area contributed by atoms with Crippen LogP contribution in [-0.4, -0.2) is 18.1 Å². The van der Waals surface area contributed by atoms with Gasteiger partial charge in [-0.25, -0.2) is 4.99 Å².